The highest BCUT2D eigenvalue weighted by molar-refractivity contribution is 4.90. The summed E-state index contributed by atoms with van der Waals surface area (Å²) < 4.78 is 21.6. The van der Waals surface area contributed by atoms with Gasteiger partial charge in [0.25, 0.3) is 0 Å². The Morgan fingerprint density at radius 3 is 2.67 bits per heavy atom. The van der Waals surface area contributed by atoms with Crippen molar-refractivity contribution in [1.29, 1.82) is 0 Å². The van der Waals surface area contributed by atoms with Crippen LogP contribution in [0, 0.1) is 5.92 Å². The number of fused-ring (bicyclic) bond motifs is 1. The molecule has 2 heterocycles. The Morgan fingerprint density at radius 2 is 1.92 bits per heavy atom. The zero-order valence-corrected chi connectivity index (χ0v) is 6.82. The van der Waals surface area contributed by atoms with Gasteiger partial charge in [-0.15, -0.1) is 0 Å². The Hall–Kier alpha value is -0.160. The summed E-state index contributed by atoms with van der Waals surface area (Å²) in [5.74, 6) is 0.588. The van der Waals surface area contributed by atoms with Crippen molar-refractivity contribution in [2.24, 2.45) is 5.92 Å². The highest BCUT2D eigenvalue weighted by Gasteiger charge is 2.54. The summed E-state index contributed by atoms with van der Waals surface area (Å²) in [7, 11) is 0. The number of ether oxygens (including phenoxy) is 4. The number of hydrogen-bond acceptors (Lipinski definition) is 4. The van der Waals surface area contributed by atoms with E-state index in [2.05, 4.69) is 0 Å². The molecule has 2 unspecified atom stereocenters. The molecule has 2 atom stereocenters. The van der Waals surface area contributed by atoms with Crippen molar-refractivity contribution in [2.45, 2.75) is 25.1 Å². The molecule has 4 nitrogen and oxygen atoms in total. The summed E-state index contributed by atoms with van der Waals surface area (Å²) in [6.45, 7) is 2.04. The average Bonchev–Trinajstić information content (AvgIpc) is 2.84. The van der Waals surface area contributed by atoms with Crippen LogP contribution in [-0.2, 0) is 18.9 Å². The van der Waals surface area contributed by atoms with E-state index in [1.165, 1.54) is 0 Å². The molecule has 0 aromatic carbocycles. The molecule has 0 bridgehead atoms. The smallest absolute Gasteiger partial charge is 0.303 e. The van der Waals surface area contributed by atoms with Gasteiger partial charge in [0.1, 0.15) is 0 Å². The molecule has 0 aromatic heterocycles. The van der Waals surface area contributed by atoms with Crippen LogP contribution in [0.5, 0.6) is 0 Å². The zero-order valence-electron chi connectivity index (χ0n) is 6.82. The van der Waals surface area contributed by atoms with Crippen LogP contribution in [0.25, 0.3) is 0 Å². The first-order valence-electron chi connectivity index (χ1n) is 4.48. The minimum Gasteiger partial charge on any atom is -0.303 e. The van der Waals surface area contributed by atoms with Gasteiger partial charge in [0.05, 0.1) is 25.9 Å². The van der Waals surface area contributed by atoms with Crippen LogP contribution < -0.4 is 0 Å². The monoisotopic (exact) mass is 172 g/mol. The zero-order chi connectivity index (χ0) is 8.02. The Kier molecular flexibility index (Phi) is 1.46. The van der Waals surface area contributed by atoms with Crippen molar-refractivity contribution in [3.05, 3.63) is 0 Å². The average molecular weight is 172 g/mol. The van der Waals surface area contributed by atoms with E-state index in [9.17, 15) is 0 Å². The van der Waals surface area contributed by atoms with Gasteiger partial charge in [-0.1, -0.05) is 0 Å². The fourth-order valence-corrected chi connectivity index (χ4v) is 1.61. The predicted molar refractivity (Wildman–Crippen MR) is 38.2 cm³/mol. The summed E-state index contributed by atoms with van der Waals surface area (Å²) in [6, 6.07) is 0. The quantitative estimate of drug-likeness (QED) is 0.532. The lowest BCUT2D eigenvalue weighted by Gasteiger charge is -2.37. The Bertz CT molecular complexity index is 187. The summed E-state index contributed by atoms with van der Waals surface area (Å²) >= 11 is 0. The molecule has 0 N–H and O–H groups in total. The van der Waals surface area contributed by atoms with Crippen LogP contribution >= 0.6 is 0 Å². The van der Waals surface area contributed by atoms with E-state index < -0.39 is 6.16 Å². The van der Waals surface area contributed by atoms with E-state index in [0.29, 0.717) is 31.8 Å². The first-order chi connectivity index (χ1) is 5.88. The van der Waals surface area contributed by atoms with E-state index in [1.807, 2.05) is 0 Å². The molecule has 2 saturated heterocycles. The third-order valence-electron chi connectivity index (χ3n) is 2.47. The van der Waals surface area contributed by atoms with Crippen molar-refractivity contribution in [3.8, 4) is 0 Å². The third-order valence-corrected chi connectivity index (χ3v) is 2.47. The minimum atomic E-state index is -1.13. The van der Waals surface area contributed by atoms with Crippen LogP contribution in [-0.4, -0.2) is 32.1 Å². The van der Waals surface area contributed by atoms with Gasteiger partial charge in [-0.05, 0) is 12.8 Å². The van der Waals surface area contributed by atoms with Crippen LogP contribution in [0.2, 0.25) is 0 Å². The third kappa shape index (κ3) is 1.07. The highest BCUT2D eigenvalue weighted by Crippen LogP contribution is 2.44. The molecule has 0 radical (unpaired) electrons. The lowest BCUT2D eigenvalue weighted by atomic mass is 10.4. The largest absolute Gasteiger partial charge is 0.412 e. The van der Waals surface area contributed by atoms with Crippen molar-refractivity contribution in [1.82, 2.24) is 0 Å². The highest BCUT2D eigenvalue weighted by atomic mass is 17.0. The molecule has 12 heavy (non-hydrogen) atoms. The van der Waals surface area contributed by atoms with Crippen molar-refractivity contribution >= 4 is 0 Å². The second kappa shape index (κ2) is 2.42. The minimum absolute atomic E-state index is 0.317. The molecule has 4 heteroatoms. The maximum atomic E-state index is 5.52. The van der Waals surface area contributed by atoms with E-state index in [1.54, 1.807) is 0 Å². The van der Waals surface area contributed by atoms with E-state index in [-0.39, 0.29) is 0 Å². The molecule has 1 spiro atoms. The van der Waals surface area contributed by atoms with Crippen LogP contribution in [0.1, 0.15) is 12.8 Å². The summed E-state index contributed by atoms with van der Waals surface area (Å²) in [4.78, 5) is 0. The molecule has 3 rings (SSSR count). The standard InChI is InChI=1S/C8H12O4/c1-2-9-8(10-3-1)11-5-6-4-7(6)12-8/h6-7H,1-5H2. The van der Waals surface area contributed by atoms with Gasteiger partial charge in [-0.25, -0.2) is 0 Å². The van der Waals surface area contributed by atoms with Gasteiger partial charge in [-0.2, -0.15) is 0 Å². The second-order valence-corrected chi connectivity index (χ2v) is 3.51. The second-order valence-electron chi connectivity index (χ2n) is 3.51. The summed E-state index contributed by atoms with van der Waals surface area (Å²) in [6.07, 6.45) is 1.20. The molecule has 0 aromatic rings. The number of rotatable bonds is 0. The van der Waals surface area contributed by atoms with Gasteiger partial charge in [0.2, 0.25) is 0 Å². The molecular formula is C8H12O4. The Balaban J connectivity index is 1.71. The van der Waals surface area contributed by atoms with Crippen LogP contribution in [0.3, 0.4) is 0 Å². The van der Waals surface area contributed by atoms with Gasteiger partial charge in [0, 0.05) is 5.92 Å². The fraction of sp³-hybridized carbons (Fsp3) is 1.00. The maximum absolute atomic E-state index is 5.52. The normalized spacial score (nSPS) is 44.0. The van der Waals surface area contributed by atoms with E-state index in [0.717, 1.165) is 12.8 Å². The first kappa shape index (κ1) is 7.26. The first-order valence-corrected chi connectivity index (χ1v) is 4.48. The molecular weight excluding hydrogens is 160 g/mol. The van der Waals surface area contributed by atoms with Crippen LogP contribution in [0.15, 0.2) is 0 Å². The van der Waals surface area contributed by atoms with Gasteiger partial charge in [0.15, 0.2) is 0 Å². The Morgan fingerprint density at radius 1 is 1.08 bits per heavy atom. The molecule has 1 aliphatic carbocycles. The Labute approximate surface area is 70.7 Å². The fourth-order valence-electron chi connectivity index (χ4n) is 1.61. The SMILES string of the molecule is C1COC2(OC1)OCC1CC1O2. The van der Waals surface area contributed by atoms with Crippen molar-refractivity contribution in [3.63, 3.8) is 0 Å². The van der Waals surface area contributed by atoms with Crippen LogP contribution in [0.4, 0.5) is 0 Å². The number of hydrogen-bond donors (Lipinski definition) is 0. The lowest BCUT2D eigenvalue weighted by molar-refractivity contribution is -0.526. The summed E-state index contributed by atoms with van der Waals surface area (Å²) in [5.41, 5.74) is 0. The molecule has 0 amide bonds. The van der Waals surface area contributed by atoms with Gasteiger partial charge >= 0.3 is 6.16 Å². The molecule has 3 aliphatic rings. The van der Waals surface area contributed by atoms with E-state index >= 15 is 0 Å². The maximum Gasteiger partial charge on any atom is 0.412 e. The molecule has 2 aliphatic heterocycles. The topological polar surface area (TPSA) is 36.9 Å². The molecule has 1 saturated carbocycles. The van der Waals surface area contributed by atoms with Crippen molar-refractivity contribution < 1.29 is 18.9 Å². The van der Waals surface area contributed by atoms with Gasteiger partial charge in [-0.3, -0.25) is 4.74 Å². The van der Waals surface area contributed by atoms with Crippen molar-refractivity contribution in [2.75, 3.05) is 19.8 Å². The summed E-state index contributed by atoms with van der Waals surface area (Å²) in [5, 5.41) is 0. The molecule has 68 valence electrons. The lowest BCUT2D eigenvalue weighted by Crippen LogP contribution is -2.49. The predicted octanol–water partition coefficient (Wildman–Crippen LogP) is 0.470. The van der Waals surface area contributed by atoms with Gasteiger partial charge < -0.3 is 14.2 Å². The van der Waals surface area contributed by atoms with E-state index in [4.69, 9.17) is 18.9 Å². The molecule has 3 fully saturated rings.